The van der Waals surface area contributed by atoms with Crippen LogP contribution in [0, 0.1) is 0 Å². The maximum absolute atomic E-state index is 12.3. The number of hydrogen-bond acceptors (Lipinski definition) is 4. The van der Waals surface area contributed by atoms with Crippen molar-refractivity contribution in [3.8, 4) is 0 Å². The first-order chi connectivity index (χ1) is 8.84. The molecule has 0 aliphatic carbocycles. The zero-order valence-corrected chi connectivity index (χ0v) is 12.3. The molecular formula is C13H20N2O3S. The molecule has 0 aromatic heterocycles. The third-order valence-electron chi connectivity index (χ3n) is 3.10. The summed E-state index contributed by atoms with van der Waals surface area (Å²) in [6, 6.07) is 5.89. The van der Waals surface area contributed by atoms with Crippen LogP contribution in [0.4, 0.5) is 5.69 Å². The Bertz CT molecular complexity index is 534. The normalized spacial score (nSPS) is 13.0. The van der Waals surface area contributed by atoms with E-state index in [-0.39, 0.29) is 10.8 Å². The highest BCUT2D eigenvalue weighted by atomic mass is 32.2. The molecule has 106 valence electrons. The van der Waals surface area contributed by atoms with E-state index in [9.17, 15) is 13.2 Å². The van der Waals surface area contributed by atoms with Crippen molar-refractivity contribution in [2.45, 2.75) is 30.9 Å². The predicted octanol–water partition coefficient (Wildman–Crippen LogP) is 1.30. The number of benzene rings is 1. The number of anilines is 1. The van der Waals surface area contributed by atoms with Crippen LogP contribution < -0.4 is 5.73 Å². The number of nitrogen functional groups attached to an aromatic ring is 1. The summed E-state index contributed by atoms with van der Waals surface area (Å²) in [4.78, 5) is 13.7. The fourth-order valence-electron chi connectivity index (χ4n) is 1.79. The van der Waals surface area contributed by atoms with Crippen molar-refractivity contribution in [3.05, 3.63) is 24.3 Å². The number of nitrogens with two attached hydrogens (primary N) is 1. The summed E-state index contributed by atoms with van der Waals surface area (Å²) in [5.41, 5.74) is 6.01. The van der Waals surface area contributed by atoms with E-state index >= 15 is 0 Å². The lowest BCUT2D eigenvalue weighted by Gasteiger charge is -2.22. The summed E-state index contributed by atoms with van der Waals surface area (Å²) in [7, 11) is -3.67. The van der Waals surface area contributed by atoms with Crippen LogP contribution in [0.15, 0.2) is 29.2 Å². The second kappa shape index (κ2) is 6.06. The Morgan fingerprint density at radius 3 is 2.11 bits per heavy atom. The minimum Gasteiger partial charge on any atom is -0.399 e. The fraction of sp³-hybridized carbons (Fsp3) is 0.462. The first kappa shape index (κ1) is 15.5. The summed E-state index contributed by atoms with van der Waals surface area (Å²) >= 11 is 0. The molecule has 1 aromatic rings. The summed E-state index contributed by atoms with van der Waals surface area (Å²) < 4.78 is 24.7. The number of hydrogen-bond donors (Lipinski definition) is 1. The van der Waals surface area contributed by atoms with E-state index in [1.807, 2.05) is 13.8 Å². The van der Waals surface area contributed by atoms with Gasteiger partial charge in [-0.3, -0.25) is 4.79 Å². The van der Waals surface area contributed by atoms with Gasteiger partial charge in [-0.1, -0.05) is 0 Å². The molecule has 1 unspecified atom stereocenters. The molecule has 0 saturated heterocycles. The number of amides is 1. The first-order valence-corrected chi connectivity index (χ1v) is 7.77. The van der Waals surface area contributed by atoms with Crippen molar-refractivity contribution in [2.75, 3.05) is 18.8 Å². The van der Waals surface area contributed by atoms with Crippen molar-refractivity contribution in [2.24, 2.45) is 0 Å². The van der Waals surface area contributed by atoms with Crippen LogP contribution in [0.5, 0.6) is 0 Å². The maximum Gasteiger partial charge on any atom is 0.240 e. The van der Waals surface area contributed by atoms with Crippen molar-refractivity contribution in [3.63, 3.8) is 0 Å². The quantitative estimate of drug-likeness (QED) is 0.826. The van der Waals surface area contributed by atoms with Gasteiger partial charge in [0, 0.05) is 18.8 Å². The van der Waals surface area contributed by atoms with Gasteiger partial charge in [0.05, 0.1) is 4.90 Å². The lowest BCUT2D eigenvalue weighted by molar-refractivity contribution is -0.130. The molecule has 0 spiro atoms. The Morgan fingerprint density at radius 1 is 1.21 bits per heavy atom. The molecule has 1 rings (SSSR count). The van der Waals surface area contributed by atoms with Gasteiger partial charge in [0.1, 0.15) is 5.25 Å². The minimum absolute atomic E-state index is 0.120. The largest absolute Gasteiger partial charge is 0.399 e. The molecular weight excluding hydrogens is 264 g/mol. The topological polar surface area (TPSA) is 80.5 Å². The molecule has 1 aromatic carbocycles. The Morgan fingerprint density at radius 2 is 1.68 bits per heavy atom. The van der Waals surface area contributed by atoms with E-state index in [0.29, 0.717) is 18.8 Å². The van der Waals surface area contributed by atoms with E-state index in [2.05, 4.69) is 0 Å². The molecule has 0 radical (unpaired) electrons. The number of nitrogens with zero attached hydrogens (tertiary/aromatic N) is 1. The Labute approximate surface area is 114 Å². The van der Waals surface area contributed by atoms with Gasteiger partial charge in [-0.15, -0.1) is 0 Å². The highest BCUT2D eigenvalue weighted by molar-refractivity contribution is 7.92. The molecule has 1 amide bonds. The Kier molecular flexibility index (Phi) is 4.94. The number of carbonyl (C=O) groups is 1. The van der Waals surface area contributed by atoms with Gasteiger partial charge in [0.15, 0.2) is 9.84 Å². The second-order valence-corrected chi connectivity index (χ2v) is 6.54. The van der Waals surface area contributed by atoms with E-state index in [1.165, 1.54) is 36.1 Å². The van der Waals surface area contributed by atoms with E-state index in [4.69, 9.17) is 5.73 Å². The standard InChI is InChI=1S/C13H20N2O3S/c1-4-15(5-2)13(16)10(3)19(17,18)12-8-6-11(14)7-9-12/h6-10H,4-5,14H2,1-3H3. The molecule has 2 N–H and O–H groups in total. The molecule has 0 aliphatic rings. The van der Waals surface area contributed by atoms with Crippen molar-refractivity contribution < 1.29 is 13.2 Å². The number of rotatable bonds is 5. The first-order valence-electron chi connectivity index (χ1n) is 6.22. The number of sulfone groups is 1. The second-order valence-electron chi connectivity index (χ2n) is 4.27. The predicted molar refractivity (Wildman–Crippen MR) is 75.4 cm³/mol. The van der Waals surface area contributed by atoms with Crippen molar-refractivity contribution >= 4 is 21.4 Å². The highest BCUT2D eigenvalue weighted by Gasteiger charge is 2.31. The van der Waals surface area contributed by atoms with Gasteiger partial charge in [-0.25, -0.2) is 8.42 Å². The molecule has 5 nitrogen and oxygen atoms in total. The van der Waals surface area contributed by atoms with E-state index in [1.54, 1.807) is 0 Å². The van der Waals surface area contributed by atoms with Crippen LogP contribution in [0.3, 0.4) is 0 Å². The van der Waals surface area contributed by atoms with Gasteiger partial charge in [-0.2, -0.15) is 0 Å². The molecule has 6 heteroatoms. The lowest BCUT2D eigenvalue weighted by Crippen LogP contribution is -2.41. The zero-order valence-electron chi connectivity index (χ0n) is 11.5. The average Bonchev–Trinajstić information content (AvgIpc) is 2.39. The van der Waals surface area contributed by atoms with Gasteiger partial charge >= 0.3 is 0 Å². The average molecular weight is 284 g/mol. The summed E-state index contributed by atoms with van der Waals surface area (Å²) in [5, 5.41) is -1.09. The third-order valence-corrected chi connectivity index (χ3v) is 5.16. The van der Waals surface area contributed by atoms with Crippen LogP contribution >= 0.6 is 0 Å². The summed E-state index contributed by atoms with van der Waals surface area (Å²) in [6.07, 6.45) is 0. The molecule has 1 atom stereocenters. The smallest absolute Gasteiger partial charge is 0.240 e. The molecule has 0 heterocycles. The molecule has 0 saturated carbocycles. The van der Waals surface area contributed by atoms with Crippen molar-refractivity contribution in [1.29, 1.82) is 0 Å². The van der Waals surface area contributed by atoms with Gasteiger partial charge < -0.3 is 10.6 Å². The van der Waals surface area contributed by atoms with E-state index < -0.39 is 15.1 Å². The van der Waals surface area contributed by atoms with Gasteiger partial charge in [0.25, 0.3) is 0 Å². The number of carbonyl (C=O) groups excluding carboxylic acids is 1. The SMILES string of the molecule is CCN(CC)C(=O)C(C)S(=O)(=O)c1ccc(N)cc1. The zero-order chi connectivity index (χ0) is 14.6. The summed E-state index contributed by atoms with van der Waals surface area (Å²) in [6.45, 7) is 6.06. The highest BCUT2D eigenvalue weighted by Crippen LogP contribution is 2.19. The lowest BCUT2D eigenvalue weighted by atomic mass is 10.3. The Balaban J connectivity index is 3.06. The molecule has 19 heavy (non-hydrogen) atoms. The molecule has 0 bridgehead atoms. The monoisotopic (exact) mass is 284 g/mol. The minimum atomic E-state index is -3.67. The van der Waals surface area contributed by atoms with Crippen LogP contribution in [0.1, 0.15) is 20.8 Å². The molecule has 0 aliphatic heterocycles. The van der Waals surface area contributed by atoms with Crippen molar-refractivity contribution in [1.82, 2.24) is 4.90 Å². The third kappa shape index (κ3) is 3.26. The van der Waals surface area contributed by atoms with Crippen LogP contribution in [-0.2, 0) is 14.6 Å². The van der Waals surface area contributed by atoms with Crippen LogP contribution in [0.25, 0.3) is 0 Å². The van der Waals surface area contributed by atoms with Gasteiger partial charge in [0.2, 0.25) is 5.91 Å². The van der Waals surface area contributed by atoms with E-state index in [0.717, 1.165) is 0 Å². The van der Waals surface area contributed by atoms with Crippen LogP contribution in [-0.4, -0.2) is 37.6 Å². The fourth-order valence-corrected chi connectivity index (χ4v) is 3.12. The maximum atomic E-state index is 12.3. The van der Waals surface area contributed by atoms with Gasteiger partial charge in [-0.05, 0) is 45.0 Å². The Hall–Kier alpha value is -1.56. The summed E-state index contributed by atoms with van der Waals surface area (Å²) in [5.74, 6) is -0.373. The van der Waals surface area contributed by atoms with Crippen LogP contribution in [0.2, 0.25) is 0 Å². The molecule has 0 fully saturated rings.